The summed E-state index contributed by atoms with van der Waals surface area (Å²) in [5.41, 5.74) is 2.69. The van der Waals surface area contributed by atoms with Crippen molar-refractivity contribution in [2.24, 2.45) is 0 Å². The van der Waals surface area contributed by atoms with Gasteiger partial charge in [0, 0.05) is 18.8 Å². The van der Waals surface area contributed by atoms with E-state index in [0.717, 1.165) is 45.6 Å². The Kier molecular flexibility index (Phi) is 4.39. The lowest BCUT2D eigenvalue weighted by Crippen LogP contribution is -2.36. The number of rotatable bonds is 2. The van der Waals surface area contributed by atoms with E-state index in [0.29, 0.717) is 0 Å². The van der Waals surface area contributed by atoms with Crippen LogP contribution in [-0.4, -0.2) is 31.2 Å². The summed E-state index contributed by atoms with van der Waals surface area (Å²) >= 11 is 0. The molecular weight excluding hydrogens is 226 g/mol. The standard InChI is InChI=1S/C14H17N3O/c15-10-12(11-16)9-13-3-1-2-4-14(13)17-5-7-18-8-6-17/h9H,1-8H2. The number of morpholine rings is 1. The zero-order chi connectivity index (χ0) is 12.8. The summed E-state index contributed by atoms with van der Waals surface area (Å²) in [5.74, 6) is 0. The van der Waals surface area contributed by atoms with E-state index in [2.05, 4.69) is 4.90 Å². The molecule has 18 heavy (non-hydrogen) atoms. The number of allylic oxidation sites excluding steroid dienone is 4. The second kappa shape index (κ2) is 6.23. The van der Waals surface area contributed by atoms with E-state index >= 15 is 0 Å². The van der Waals surface area contributed by atoms with Gasteiger partial charge in [-0.05, 0) is 37.3 Å². The van der Waals surface area contributed by atoms with Crippen LogP contribution >= 0.6 is 0 Å². The highest BCUT2D eigenvalue weighted by atomic mass is 16.5. The van der Waals surface area contributed by atoms with Gasteiger partial charge in [0.15, 0.2) is 0 Å². The fourth-order valence-corrected chi connectivity index (χ4v) is 2.53. The highest BCUT2D eigenvalue weighted by Crippen LogP contribution is 2.29. The fraction of sp³-hybridized carbons (Fsp3) is 0.571. The largest absolute Gasteiger partial charge is 0.378 e. The molecule has 0 bridgehead atoms. The third kappa shape index (κ3) is 2.91. The van der Waals surface area contributed by atoms with Crippen molar-refractivity contribution in [3.8, 4) is 12.1 Å². The van der Waals surface area contributed by atoms with Gasteiger partial charge in [-0.3, -0.25) is 0 Å². The first kappa shape index (κ1) is 12.7. The average molecular weight is 243 g/mol. The predicted octanol–water partition coefficient (Wildman–Crippen LogP) is 2.12. The zero-order valence-electron chi connectivity index (χ0n) is 10.5. The van der Waals surface area contributed by atoms with E-state index in [1.807, 2.05) is 12.1 Å². The van der Waals surface area contributed by atoms with Gasteiger partial charge in [0.05, 0.1) is 13.2 Å². The molecule has 0 unspecified atom stereocenters. The molecule has 1 saturated heterocycles. The van der Waals surface area contributed by atoms with E-state index in [-0.39, 0.29) is 5.57 Å². The van der Waals surface area contributed by atoms with Gasteiger partial charge in [-0.1, -0.05) is 0 Å². The first-order valence-corrected chi connectivity index (χ1v) is 6.42. The van der Waals surface area contributed by atoms with Crippen molar-refractivity contribution < 1.29 is 4.74 Å². The Morgan fingerprint density at radius 1 is 1.11 bits per heavy atom. The maximum Gasteiger partial charge on any atom is 0.130 e. The Bertz CT molecular complexity index is 429. The van der Waals surface area contributed by atoms with E-state index in [4.69, 9.17) is 15.3 Å². The topological polar surface area (TPSA) is 60.0 Å². The normalized spacial score (nSPS) is 20.0. The molecule has 0 aromatic rings. The molecular formula is C14H17N3O. The second-order valence-electron chi connectivity index (χ2n) is 4.56. The minimum atomic E-state index is 0.206. The molecule has 0 atom stereocenters. The van der Waals surface area contributed by atoms with Crippen molar-refractivity contribution in [2.45, 2.75) is 25.7 Å². The predicted molar refractivity (Wildman–Crippen MR) is 67.2 cm³/mol. The average Bonchev–Trinajstić information content (AvgIpc) is 2.46. The first-order valence-electron chi connectivity index (χ1n) is 6.42. The third-order valence-electron chi connectivity index (χ3n) is 3.43. The Labute approximate surface area is 108 Å². The number of nitrogens with zero attached hydrogens (tertiary/aromatic N) is 3. The highest BCUT2D eigenvalue weighted by molar-refractivity contribution is 5.43. The molecule has 94 valence electrons. The summed E-state index contributed by atoms with van der Waals surface area (Å²) < 4.78 is 5.36. The van der Waals surface area contributed by atoms with Crippen LogP contribution in [0.1, 0.15) is 25.7 Å². The molecule has 0 aromatic carbocycles. The SMILES string of the molecule is N#CC(C#N)=CC1=C(N2CCOCC2)CCCC1. The fourth-order valence-electron chi connectivity index (χ4n) is 2.53. The van der Waals surface area contributed by atoms with Gasteiger partial charge in [-0.2, -0.15) is 10.5 Å². The molecule has 2 aliphatic rings. The Morgan fingerprint density at radius 2 is 1.78 bits per heavy atom. The molecule has 1 aliphatic heterocycles. The first-order chi connectivity index (χ1) is 8.85. The quantitative estimate of drug-likeness (QED) is 0.697. The van der Waals surface area contributed by atoms with Gasteiger partial charge in [-0.25, -0.2) is 0 Å². The molecule has 0 N–H and O–H groups in total. The summed E-state index contributed by atoms with van der Waals surface area (Å²) in [5, 5.41) is 17.7. The molecule has 0 aromatic heterocycles. The number of hydrogen-bond acceptors (Lipinski definition) is 4. The number of nitriles is 2. The van der Waals surface area contributed by atoms with Crippen LogP contribution in [-0.2, 0) is 4.74 Å². The van der Waals surface area contributed by atoms with Gasteiger partial charge in [-0.15, -0.1) is 0 Å². The van der Waals surface area contributed by atoms with Crippen LogP contribution in [0, 0.1) is 22.7 Å². The van der Waals surface area contributed by atoms with Crippen LogP contribution in [0.25, 0.3) is 0 Å². The van der Waals surface area contributed by atoms with Crippen LogP contribution < -0.4 is 0 Å². The van der Waals surface area contributed by atoms with Gasteiger partial charge < -0.3 is 9.64 Å². The summed E-state index contributed by atoms with van der Waals surface area (Å²) in [4.78, 5) is 2.35. The van der Waals surface area contributed by atoms with Crippen LogP contribution in [0.5, 0.6) is 0 Å². The smallest absolute Gasteiger partial charge is 0.130 e. The molecule has 4 nitrogen and oxygen atoms in total. The molecule has 1 heterocycles. The highest BCUT2D eigenvalue weighted by Gasteiger charge is 2.19. The summed E-state index contributed by atoms with van der Waals surface area (Å²) in [7, 11) is 0. The van der Waals surface area contributed by atoms with Gasteiger partial charge >= 0.3 is 0 Å². The molecule has 1 aliphatic carbocycles. The van der Waals surface area contributed by atoms with Crippen molar-refractivity contribution in [2.75, 3.05) is 26.3 Å². The summed E-state index contributed by atoms with van der Waals surface area (Å²) in [6.45, 7) is 3.37. The molecule has 0 radical (unpaired) electrons. The van der Waals surface area contributed by atoms with Crippen LogP contribution in [0.4, 0.5) is 0 Å². The van der Waals surface area contributed by atoms with Crippen LogP contribution in [0.2, 0.25) is 0 Å². The second-order valence-corrected chi connectivity index (χ2v) is 4.56. The van der Waals surface area contributed by atoms with Crippen molar-refractivity contribution in [1.82, 2.24) is 4.90 Å². The van der Waals surface area contributed by atoms with E-state index in [1.165, 1.54) is 17.7 Å². The zero-order valence-corrected chi connectivity index (χ0v) is 10.5. The van der Waals surface area contributed by atoms with Gasteiger partial charge in [0.25, 0.3) is 0 Å². The molecule has 4 heteroatoms. The molecule has 1 fully saturated rings. The van der Waals surface area contributed by atoms with E-state index < -0.39 is 0 Å². The summed E-state index contributed by atoms with van der Waals surface area (Å²) in [6.07, 6.45) is 6.13. The Balaban J connectivity index is 2.26. The maximum atomic E-state index is 8.86. The maximum absolute atomic E-state index is 8.86. The van der Waals surface area contributed by atoms with Gasteiger partial charge in [0.1, 0.15) is 17.7 Å². The summed E-state index contributed by atoms with van der Waals surface area (Å²) in [6, 6.07) is 3.89. The number of ether oxygens (including phenoxy) is 1. The minimum Gasteiger partial charge on any atom is -0.378 e. The molecule has 0 spiro atoms. The van der Waals surface area contributed by atoms with E-state index in [1.54, 1.807) is 6.08 Å². The lowest BCUT2D eigenvalue weighted by Gasteiger charge is -2.34. The lowest BCUT2D eigenvalue weighted by molar-refractivity contribution is 0.0508. The Hall–Kier alpha value is -1.78. The van der Waals surface area contributed by atoms with Gasteiger partial charge in [0.2, 0.25) is 0 Å². The van der Waals surface area contributed by atoms with E-state index in [9.17, 15) is 0 Å². The van der Waals surface area contributed by atoms with Crippen LogP contribution in [0.15, 0.2) is 22.9 Å². The van der Waals surface area contributed by atoms with Crippen molar-refractivity contribution in [1.29, 1.82) is 10.5 Å². The van der Waals surface area contributed by atoms with Crippen LogP contribution in [0.3, 0.4) is 0 Å². The molecule has 0 amide bonds. The Morgan fingerprint density at radius 3 is 2.44 bits per heavy atom. The third-order valence-corrected chi connectivity index (χ3v) is 3.43. The van der Waals surface area contributed by atoms with Crippen molar-refractivity contribution >= 4 is 0 Å². The molecule has 2 rings (SSSR count). The minimum absolute atomic E-state index is 0.206. The monoisotopic (exact) mass is 243 g/mol. The number of hydrogen-bond donors (Lipinski definition) is 0. The lowest BCUT2D eigenvalue weighted by atomic mass is 9.93. The van der Waals surface area contributed by atoms with Crippen molar-refractivity contribution in [3.05, 3.63) is 22.9 Å². The molecule has 0 saturated carbocycles. The van der Waals surface area contributed by atoms with Crippen molar-refractivity contribution in [3.63, 3.8) is 0 Å².